The summed E-state index contributed by atoms with van der Waals surface area (Å²) in [6.45, 7) is 2.13. The third-order valence-corrected chi connectivity index (χ3v) is 3.49. The minimum absolute atomic E-state index is 0.0439. The lowest BCUT2D eigenvalue weighted by molar-refractivity contribution is -0.386. The summed E-state index contributed by atoms with van der Waals surface area (Å²) in [6, 6.07) is 2.49. The first-order chi connectivity index (χ1) is 10.4. The molecule has 0 radical (unpaired) electrons. The highest BCUT2D eigenvalue weighted by molar-refractivity contribution is 8.18. The quantitative estimate of drug-likeness (QED) is 0.485. The van der Waals surface area contributed by atoms with Gasteiger partial charge in [-0.1, -0.05) is 6.92 Å². The Morgan fingerprint density at radius 3 is 2.73 bits per heavy atom. The molecule has 0 atom stereocenters. The predicted molar refractivity (Wildman–Crippen MR) is 79.7 cm³/mol. The summed E-state index contributed by atoms with van der Waals surface area (Å²) in [5, 5.41) is 22.4. The fraction of sp³-hybridized carbons (Fsp3) is 0.231. The number of aromatic hydroxyl groups is 1. The molecule has 0 unspecified atom stereocenters. The van der Waals surface area contributed by atoms with Crippen LogP contribution in [0.5, 0.6) is 11.5 Å². The van der Waals surface area contributed by atoms with Gasteiger partial charge in [0.25, 0.3) is 11.1 Å². The number of ether oxygens (including phenoxy) is 1. The highest BCUT2D eigenvalue weighted by Gasteiger charge is 2.26. The average Bonchev–Trinajstić information content (AvgIpc) is 2.76. The van der Waals surface area contributed by atoms with Crippen molar-refractivity contribution >= 4 is 34.7 Å². The topological polar surface area (TPSA) is 119 Å². The maximum absolute atomic E-state index is 11.5. The van der Waals surface area contributed by atoms with Gasteiger partial charge in [0.2, 0.25) is 5.75 Å². The Morgan fingerprint density at radius 2 is 2.18 bits per heavy atom. The number of imide groups is 1. The molecule has 0 saturated carbocycles. The minimum Gasteiger partial charge on any atom is -0.500 e. The van der Waals surface area contributed by atoms with Crippen molar-refractivity contribution in [1.82, 2.24) is 5.32 Å². The molecule has 1 saturated heterocycles. The molecular formula is C13H12N2O6S. The van der Waals surface area contributed by atoms with Crippen LogP contribution in [0, 0.1) is 10.1 Å². The Kier molecular flexibility index (Phi) is 4.66. The van der Waals surface area contributed by atoms with Crippen LogP contribution in [0.15, 0.2) is 17.0 Å². The molecule has 22 heavy (non-hydrogen) atoms. The van der Waals surface area contributed by atoms with Crippen LogP contribution in [-0.2, 0) is 4.79 Å². The van der Waals surface area contributed by atoms with E-state index in [1.165, 1.54) is 12.1 Å². The van der Waals surface area contributed by atoms with E-state index >= 15 is 0 Å². The van der Waals surface area contributed by atoms with E-state index < -0.39 is 27.5 Å². The summed E-state index contributed by atoms with van der Waals surface area (Å²) < 4.78 is 5.27. The van der Waals surface area contributed by atoms with E-state index in [-0.39, 0.29) is 22.8 Å². The Hall–Kier alpha value is -2.55. The third kappa shape index (κ3) is 3.37. The van der Waals surface area contributed by atoms with Crippen LogP contribution >= 0.6 is 11.8 Å². The van der Waals surface area contributed by atoms with Gasteiger partial charge in [0, 0.05) is 6.07 Å². The monoisotopic (exact) mass is 324 g/mol. The van der Waals surface area contributed by atoms with Crippen molar-refractivity contribution < 1.29 is 24.4 Å². The van der Waals surface area contributed by atoms with Crippen LogP contribution in [0.2, 0.25) is 0 Å². The number of nitrogens with one attached hydrogen (secondary N) is 1. The number of phenols is 1. The second-order valence-electron chi connectivity index (χ2n) is 4.34. The van der Waals surface area contributed by atoms with Gasteiger partial charge in [-0.2, -0.15) is 0 Å². The molecule has 0 aromatic heterocycles. The summed E-state index contributed by atoms with van der Waals surface area (Å²) in [5.74, 6) is -1.18. The summed E-state index contributed by atoms with van der Waals surface area (Å²) in [6.07, 6.45) is 1.99. The van der Waals surface area contributed by atoms with Gasteiger partial charge in [-0.05, 0) is 35.9 Å². The maximum atomic E-state index is 11.5. The fourth-order valence-corrected chi connectivity index (χ4v) is 2.41. The summed E-state index contributed by atoms with van der Waals surface area (Å²) in [5.41, 5.74) is -0.252. The van der Waals surface area contributed by atoms with E-state index in [0.29, 0.717) is 18.2 Å². The van der Waals surface area contributed by atoms with Gasteiger partial charge in [0.05, 0.1) is 16.4 Å². The fourth-order valence-electron chi connectivity index (χ4n) is 1.73. The molecule has 1 fully saturated rings. The van der Waals surface area contributed by atoms with Crippen LogP contribution in [0.3, 0.4) is 0 Å². The summed E-state index contributed by atoms with van der Waals surface area (Å²) in [7, 11) is 0. The molecule has 1 aliphatic heterocycles. The first kappa shape index (κ1) is 15.8. The Bertz CT molecular complexity index is 685. The molecule has 9 heteroatoms. The number of benzene rings is 1. The van der Waals surface area contributed by atoms with Crippen LogP contribution in [0.25, 0.3) is 6.08 Å². The Labute approximate surface area is 129 Å². The SMILES string of the molecule is CCCOc1cc(C=C2SC(=O)NC2=O)cc([N+](=O)[O-])c1O. The molecule has 0 bridgehead atoms. The van der Waals surface area contributed by atoms with E-state index in [1.54, 1.807) is 0 Å². The van der Waals surface area contributed by atoms with Crippen LogP contribution in [0.1, 0.15) is 18.9 Å². The smallest absolute Gasteiger partial charge is 0.315 e. The van der Waals surface area contributed by atoms with Crippen molar-refractivity contribution in [3.63, 3.8) is 0 Å². The molecule has 1 heterocycles. The zero-order valence-electron chi connectivity index (χ0n) is 11.5. The lowest BCUT2D eigenvalue weighted by Gasteiger charge is -2.08. The average molecular weight is 324 g/mol. The highest BCUT2D eigenvalue weighted by atomic mass is 32.2. The van der Waals surface area contributed by atoms with Crippen molar-refractivity contribution in [2.45, 2.75) is 13.3 Å². The third-order valence-electron chi connectivity index (χ3n) is 2.68. The summed E-state index contributed by atoms with van der Waals surface area (Å²) in [4.78, 5) is 33.0. The van der Waals surface area contributed by atoms with Crippen LogP contribution < -0.4 is 10.1 Å². The molecule has 1 aliphatic rings. The lowest BCUT2D eigenvalue weighted by Crippen LogP contribution is -2.17. The molecular weight excluding hydrogens is 312 g/mol. The number of hydrogen-bond donors (Lipinski definition) is 2. The number of nitrogens with zero attached hydrogens (tertiary/aromatic N) is 1. The first-order valence-electron chi connectivity index (χ1n) is 6.31. The zero-order chi connectivity index (χ0) is 16.3. The van der Waals surface area contributed by atoms with E-state index in [2.05, 4.69) is 5.32 Å². The van der Waals surface area contributed by atoms with Crippen molar-refractivity contribution in [3.8, 4) is 11.5 Å². The zero-order valence-corrected chi connectivity index (χ0v) is 12.3. The van der Waals surface area contributed by atoms with Crippen LogP contribution in [0.4, 0.5) is 10.5 Å². The molecule has 2 N–H and O–H groups in total. The normalized spacial score (nSPS) is 16.0. The number of rotatable bonds is 5. The van der Waals surface area contributed by atoms with Crippen molar-refractivity contribution in [2.24, 2.45) is 0 Å². The number of hydrogen-bond acceptors (Lipinski definition) is 7. The minimum atomic E-state index is -0.747. The predicted octanol–water partition coefficient (Wildman–Crippen LogP) is 2.41. The van der Waals surface area contributed by atoms with Gasteiger partial charge in [-0.15, -0.1) is 0 Å². The molecule has 0 spiro atoms. The number of carbonyl (C=O) groups is 2. The summed E-state index contributed by atoms with van der Waals surface area (Å²) >= 11 is 0.699. The van der Waals surface area contributed by atoms with E-state index in [1.807, 2.05) is 6.92 Å². The van der Waals surface area contributed by atoms with E-state index in [4.69, 9.17) is 4.74 Å². The van der Waals surface area contributed by atoms with Gasteiger partial charge in [-0.25, -0.2) is 0 Å². The molecule has 1 aromatic rings. The van der Waals surface area contributed by atoms with E-state index in [0.717, 1.165) is 6.07 Å². The molecule has 2 amide bonds. The Balaban J connectivity index is 2.45. The number of amides is 2. The lowest BCUT2D eigenvalue weighted by atomic mass is 10.1. The second kappa shape index (κ2) is 6.48. The van der Waals surface area contributed by atoms with Gasteiger partial charge in [0.15, 0.2) is 5.75 Å². The second-order valence-corrected chi connectivity index (χ2v) is 5.36. The highest BCUT2D eigenvalue weighted by Crippen LogP contribution is 2.38. The number of phenolic OH excluding ortho intramolecular Hbond substituents is 1. The number of carbonyl (C=O) groups excluding carboxylic acids is 2. The first-order valence-corrected chi connectivity index (χ1v) is 7.13. The molecule has 2 rings (SSSR count). The molecule has 0 aliphatic carbocycles. The van der Waals surface area contributed by atoms with Crippen molar-refractivity contribution in [2.75, 3.05) is 6.61 Å². The molecule has 8 nitrogen and oxygen atoms in total. The largest absolute Gasteiger partial charge is 0.500 e. The van der Waals surface area contributed by atoms with E-state index in [9.17, 15) is 24.8 Å². The standard InChI is InChI=1S/C13H12N2O6S/c1-2-3-21-9-5-7(4-8(11(9)16)15(19)20)6-10-12(17)14-13(18)22-10/h4-6,16H,2-3H2,1H3,(H,14,17,18). The van der Waals surface area contributed by atoms with Crippen molar-refractivity contribution in [3.05, 3.63) is 32.7 Å². The Morgan fingerprint density at radius 1 is 1.45 bits per heavy atom. The van der Waals surface area contributed by atoms with Gasteiger partial charge >= 0.3 is 5.69 Å². The number of nitro benzene ring substituents is 1. The van der Waals surface area contributed by atoms with Crippen LogP contribution in [-0.4, -0.2) is 27.8 Å². The molecule has 1 aromatic carbocycles. The number of nitro groups is 1. The van der Waals surface area contributed by atoms with Gasteiger partial charge in [-0.3, -0.25) is 25.0 Å². The number of thioether (sulfide) groups is 1. The maximum Gasteiger partial charge on any atom is 0.315 e. The van der Waals surface area contributed by atoms with Crippen molar-refractivity contribution in [1.29, 1.82) is 0 Å². The van der Waals surface area contributed by atoms with Gasteiger partial charge < -0.3 is 9.84 Å². The van der Waals surface area contributed by atoms with Gasteiger partial charge in [0.1, 0.15) is 0 Å². The molecule has 116 valence electrons.